The van der Waals surface area contributed by atoms with Crippen LogP contribution in [0, 0.1) is 11.8 Å². The number of fused-ring (bicyclic) bond motifs is 2. The first-order valence-electron chi connectivity index (χ1n) is 7.67. The van der Waals surface area contributed by atoms with Crippen LogP contribution in [0.1, 0.15) is 12.8 Å². The molecular formula is C17H18N2O3. The lowest BCUT2D eigenvalue weighted by Gasteiger charge is -2.18. The predicted octanol–water partition coefficient (Wildman–Crippen LogP) is 3.00. The van der Waals surface area contributed by atoms with Gasteiger partial charge in [0.2, 0.25) is 0 Å². The van der Waals surface area contributed by atoms with Gasteiger partial charge in [-0.3, -0.25) is 4.98 Å². The number of rotatable bonds is 2. The smallest absolute Gasteiger partial charge is 0.407 e. The van der Waals surface area contributed by atoms with Crippen LogP contribution >= 0.6 is 0 Å². The molecule has 0 radical (unpaired) electrons. The van der Waals surface area contributed by atoms with E-state index in [1.165, 1.54) is 4.90 Å². The monoisotopic (exact) mass is 298 g/mol. The summed E-state index contributed by atoms with van der Waals surface area (Å²) in [6.07, 6.45) is 4.92. The van der Waals surface area contributed by atoms with Gasteiger partial charge in [0.15, 0.2) is 0 Å². The van der Waals surface area contributed by atoms with Crippen molar-refractivity contribution in [3.8, 4) is 5.75 Å². The van der Waals surface area contributed by atoms with Gasteiger partial charge >= 0.3 is 6.09 Å². The minimum atomic E-state index is -0.797. The second kappa shape index (κ2) is 5.16. The Labute approximate surface area is 128 Å². The molecule has 2 aliphatic rings. The molecule has 1 saturated carbocycles. The lowest BCUT2D eigenvalue weighted by molar-refractivity contribution is 0.144. The molecule has 22 heavy (non-hydrogen) atoms. The van der Waals surface area contributed by atoms with Gasteiger partial charge in [-0.15, -0.1) is 0 Å². The fourth-order valence-electron chi connectivity index (χ4n) is 3.83. The van der Waals surface area contributed by atoms with Gasteiger partial charge in [-0.1, -0.05) is 6.07 Å². The third-order valence-electron chi connectivity index (χ3n) is 4.89. The number of amides is 1. The number of likely N-dealkylation sites (tertiary alicyclic amines) is 1. The van der Waals surface area contributed by atoms with Crippen molar-refractivity contribution in [3.63, 3.8) is 0 Å². The summed E-state index contributed by atoms with van der Waals surface area (Å²) in [5.41, 5.74) is 0. The van der Waals surface area contributed by atoms with Crippen LogP contribution < -0.4 is 4.74 Å². The van der Waals surface area contributed by atoms with Gasteiger partial charge in [0.25, 0.3) is 0 Å². The average Bonchev–Trinajstić information content (AvgIpc) is 3.05. The molecule has 1 amide bonds. The van der Waals surface area contributed by atoms with Gasteiger partial charge in [-0.05, 0) is 48.3 Å². The maximum absolute atomic E-state index is 11.0. The highest BCUT2D eigenvalue weighted by Crippen LogP contribution is 2.40. The molecule has 4 rings (SSSR count). The van der Waals surface area contributed by atoms with E-state index in [-0.39, 0.29) is 6.10 Å². The van der Waals surface area contributed by atoms with E-state index in [0.717, 1.165) is 29.4 Å². The fraction of sp³-hybridized carbons (Fsp3) is 0.412. The lowest BCUT2D eigenvalue weighted by atomic mass is 10.0. The number of carbonyl (C=O) groups is 1. The van der Waals surface area contributed by atoms with Crippen molar-refractivity contribution >= 4 is 16.9 Å². The number of carboxylic acid groups (broad SMARTS) is 1. The summed E-state index contributed by atoms with van der Waals surface area (Å²) in [7, 11) is 0. The number of pyridine rings is 1. The van der Waals surface area contributed by atoms with Gasteiger partial charge in [0.1, 0.15) is 5.75 Å². The molecule has 114 valence electrons. The van der Waals surface area contributed by atoms with E-state index in [1.54, 1.807) is 6.20 Å². The van der Waals surface area contributed by atoms with Gasteiger partial charge in [0, 0.05) is 30.9 Å². The van der Waals surface area contributed by atoms with Crippen molar-refractivity contribution in [2.75, 3.05) is 13.1 Å². The quantitative estimate of drug-likeness (QED) is 0.925. The molecule has 1 N–H and O–H groups in total. The summed E-state index contributed by atoms with van der Waals surface area (Å²) in [6.45, 7) is 1.31. The molecule has 0 bridgehead atoms. The molecule has 3 atom stereocenters. The second-order valence-corrected chi connectivity index (χ2v) is 6.30. The van der Waals surface area contributed by atoms with Crippen molar-refractivity contribution < 1.29 is 14.6 Å². The van der Waals surface area contributed by atoms with Crippen LogP contribution in [0.5, 0.6) is 5.75 Å². The van der Waals surface area contributed by atoms with Crippen LogP contribution in [0.25, 0.3) is 10.8 Å². The molecule has 2 aromatic rings. The SMILES string of the molecule is O=C(O)N1C[C@H]2CC(Oc3ccc4ccncc4c3)C[C@H]2C1. The molecule has 1 unspecified atom stereocenters. The maximum atomic E-state index is 11.0. The molecule has 1 aliphatic heterocycles. The Morgan fingerprint density at radius 2 is 1.95 bits per heavy atom. The van der Waals surface area contributed by atoms with E-state index < -0.39 is 6.09 Å². The highest BCUT2D eigenvalue weighted by Gasteiger charge is 2.43. The molecule has 1 aliphatic carbocycles. The molecule has 0 spiro atoms. The minimum Gasteiger partial charge on any atom is -0.490 e. The first-order valence-corrected chi connectivity index (χ1v) is 7.67. The zero-order valence-electron chi connectivity index (χ0n) is 12.2. The van der Waals surface area contributed by atoms with Crippen molar-refractivity contribution in [2.45, 2.75) is 18.9 Å². The van der Waals surface area contributed by atoms with Crippen LogP contribution in [0.4, 0.5) is 4.79 Å². The Bertz CT molecular complexity index is 704. The van der Waals surface area contributed by atoms with E-state index in [4.69, 9.17) is 9.84 Å². The third-order valence-corrected chi connectivity index (χ3v) is 4.89. The summed E-state index contributed by atoms with van der Waals surface area (Å²) in [5, 5.41) is 11.3. The first-order chi connectivity index (χ1) is 10.7. The number of ether oxygens (including phenoxy) is 1. The first kappa shape index (κ1) is 13.4. The molecule has 5 nitrogen and oxygen atoms in total. The molecular weight excluding hydrogens is 280 g/mol. The topological polar surface area (TPSA) is 62.7 Å². The van der Waals surface area contributed by atoms with E-state index in [9.17, 15) is 4.79 Å². The van der Waals surface area contributed by atoms with E-state index >= 15 is 0 Å². The van der Waals surface area contributed by atoms with E-state index in [2.05, 4.69) is 4.98 Å². The standard InChI is InChI=1S/C17H18N2O3/c20-17(21)19-9-13-6-16(7-14(13)10-19)22-15-2-1-11-3-4-18-8-12(11)5-15/h1-5,8,13-14,16H,6-7,9-10H2,(H,20,21)/t13-,14+,16?. The molecule has 5 heteroatoms. The number of nitrogens with zero attached hydrogens (tertiary/aromatic N) is 2. The van der Waals surface area contributed by atoms with Crippen LogP contribution in [0.15, 0.2) is 36.7 Å². The van der Waals surface area contributed by atoms with Gasteiger partial charge in [0.05, 0.1) is 6.10 Å². The normalized spacial score (nSPS) is 27.1. The number of aromatic nitrogens is 1. The molecule has 1 aromatic heterocycles. The van der Waals surface area contributed by atoms with Crippen molar-refractivity contribution in [3.05, 3.63) is 36.7 Å². The number of hydrogen-bond acceptors (Lipinski definition) is 3. The highest BCUT2D eigenvalue weighted by atomic mass is 16.5. The van der Waals surface area contributed by atoms with Gasteiger partial charge in [-0.25, -0.2) is 4.79 Å². The minimum absolute atomic E-state index is 0.195. The maximum Gasteiger partial charge on any atom is 0.407 e. The Morgan fingerprint density at radius 3 is 2.68 bits per heavy atom. The number of benzene rings is 1. The largest absolute Gasteiger partial charge is 0.490 e. The van der Waals surface area contributed by atoms with E-state index in [1.807, 2.05) is 30.5 Å². The summed E-state index contributed by atoms with van der Waals surface area (Å²) in [6, 6.07) is 8.06. The Kier molecular flexibility index (Phi) is 3.13. The summed E-state index contributed by atoms with van der Waals surface area (Å²) < 4.78 is 6.12. The Hall–Kier alpha value is -2.30. The molecule has 2 heterocycles. The number of hydrogen-bond donors (Lipinski definition) is 1. The molecule has 1 aromatic carbocycles. The summed E-state index contributed by atoms with van der Waals surface area (Å²) in [4.78, 5) is 16.7. The lowest BCUT2D eigenvalue weighted by Crippen LogP contribution is -2.29. The predicted molar refractivity (Wildman–Crippen MR) is 82.0 cm³/mol. The average molecular weight is 298 g/mol. The Balaban J connectivity index is 1.43. The van der Waals surface area contributed by atoms with Crippen molar-refractivity contribution in [2.24, 2.45) is 11.8 Å². The van der Waals surface area contributed by atoms with Crippen molar-refractivity contribution in [1.82, 2.24) is 9.88 Å². The fourth-order valence-corrected chi connectivity index (χ4v) is 3.83. The van der Waals surface area contributed by atoms with Gasteiger partial charge < -0.3 is 14.7 Å². The summed E-state index contributed by atoms with van der Waals surface area (Å²) >= 11 is 0. The van der Waals surface area contributed by atoms with Crippen LogP contribution in [-0.4, -0.2) is 40.3 Å². The van der Waals surface area contributed by atoms with Crippen molar-refractivity contribution in [1.29, 1.82) is 0 Å². The third kappa shape index (κ3) is 2.36. The molecule has 1 saturated heterocycles. The Morgan fingerprint density at radius 1 is 1.18 bits per heavy atom. The van der Waals surface area contributed by atoms with E-state index in [0.29, 0.717) is 24.9 Å². The molecule has 2 fully saturated rings. The van der Waals surface area contributed by atoms with Crippen LogP contribution in [0.3, 0.4) is 0 Å². The van der Waals surface area contributed by atoms with Crippen LogP contribution in [-0.2, 0) is 0 Å². The highest BCUT2D eigenvalue weighted by molar-refractivity contribution is 5.82. The zero-order chi connectivity index (χ0) is 15.1. The van der Waals surface area contributed by atoms with Gasteiger partial charge in [-0.2, -0.15) is 0 Å². The van der Waals surface area contributed by atoms with Crippen LogP contribution in [0.2, 0.25) is 0 Å². The summed E-state index contributed by atoms with van der Waals surface area (Å²) in [5.74, 6) is 1.77. The zero-order valence-corrected chi connectivity index (χ0v) is 12.2. The second-order valence-electron chi connectivity index (χ2n) is 6.30.